The van der Waals surface area contributed by atoms with Crippen LogP contribution in [0.25, 0.3) is 0 Å². The monoisotopic (exact) mass is 275 g/mol. The van der Waals surface area contributed by atoms with Gasteiger partial charge in [-0.3, -0.25) is 0 Å². The number of aliphatic hydroxyl groups excluding tert-OH is 1. The number of hydrogen-bond donors (Lipinski definition) is 1. The van der Waals surface area contributed by atoms with Gasteiger partial charge in [0.25, 0.3) is 0 Å². The summed E-state index contributed by atoms with van der Waals surface area (Å²) in [4.78, 5) is 2.53. The average Bonchev–Trinajstić information content (AvgIpc) is 2.39. The molecule has 0 saturated heterocycles. The smallest absolute Gasteiger partial charge is 0.0883 e. The molecule has 0 aromatic carbocycles. The largest absolute Gasteiger partial charge is 0.513 e. The van der Waals surface area contributed by atoms with Crippen LogP contribution < -0.4 is 0 Å². The highest BCUT2D eigenvalue weighted by atomic mass is 16.3. The number of aliphatic hydroxyl groups is 1. The first kappa shape index (κ1) is 15.2. The Balaban J connectivity index is 2.10. The molecule has 2 rings (SSSR count). The van der Waals surface area contributed by atoms with Crippen LogP contribution in [0.1, 0.15) is 53.9 Å². The molecule has 2 heteroatoms. The summed E-state index contributed by atoms with van der Waals surface area (Å²) in [5, 5.41) is 9.72. The van der Waals surface area contributed by atoms with Gasteiger partial charge in [-0.05, 0) is 37.3 Å². The molecule has 1 heterocycles. The number of rotatable bonds is 5. The zero-order valence-corrected chi connectivity index (χ0v) is 13.6. The second-order valence-electron chi connectivity index (χ2n) is 6.41. The van der Waals surface area contributed by atoms with Crippen LogP contribution in [0.5, 0.6) is 0 Å². The third-order valence-corrected chi connectivity index (χ3v) is 4.92. The van der Waals surface area contributed by atoms with Crippen LogP contribution in [0, 0.1) is 11.8 Å². The van der Waals surface area contributed by atoms with E-state index in [1.54, 1.807) is 16.8 Å². The predicted octanol–water partition coefficient (Wildman–Crippen LogP) is 4.81. The lowest BCUT2D eigenvalue weighted by molar-refractivity contribution is 0.181. The summed E-state index contributed by atoms with van der Waals surface area (Å²) in [6, 6.07) is 0.460. The van der Waals surface area contributed by atoms with Crippen molar-refractivity contribution in [3.63, 3.8) is 0 Å². The van der Waals surface area contributed by atoms with Crippen molar-refractivity contribution in [3.05, 3.63) is 34.8 Å². The minimum Gasteiger partial charge on any atom is -0.513 e. The first-order valence-electron chi connectivity index (χ1n) is 8.06. The molecule has 0 bridgehead atoms. The molecule has 0 radical (unpaired) electrons. The van der Waals surface area contributed by atoms with Crippen LogP contribution in [-0.4, -0.2) is 22.6 Å². The first-order chi connectivity index (χ1) is 9.47. The Labute approximate surface area is 123 Å². The van der Waals surface area contributed by atoms with Crippen molar-refractivity contribution in [2.24, 2.45) is 11.8 Å². The normalized spacial score (nSPS) is 25.9. The zero-order chi connectivity index (χ0) is 14.9. The number of allylic oxidation sites excluding steroid dienone is 3. The van der Waals surface area contributed by atoms with E-state index >= 15 is 0 Å². The maximum atomic E-state index is 9.72. The van der Waals surface area contributed by atoms with Crippen LogP contribution in [0.4, 0.5) is 0 Å². The molecule has 0 amide bonds. The van der Waals surface area contributed by atoms with E-state index in [2.05, 4.69) is 38.7 Å². The summed E-state index contributed by atoms with van der Waals surface area (Å²) in [5.41, 5.74) is 4.69. The first-order valence-corrected chi connectivity index (χ1v) is 8.06. The Morgan fingerprint density at radius 2 is 2.15 bits per heavy atom. The highest BCUT2D eigenvalue weighted by molar-refractivity contribution is 5.42. The SMILES string of the molecule is CCC1=CC2=C([C@H](C)C1)N(C(C)C(C)/C=C(/O)CC)C2. The van der Waals surface area contributed by atoms with Crippen molar-refractivity contribution in [1.82, 2.24) is 4.90 Å². The number of nitrogens with zero attached hydrogens (tertiary/aromatic N) is 1. The Hall–Kier alpha value is -1.18. The molecular weight excluding hydrogens is 246 g/mol. The van der Waals surface area contributed by atoms with Crippen LogP contribution in [0.2, 0.25) is 0 Å². The highest BCUT2D eigenvalue weighted by Gasteiger charge is 2.36. The Morgan fingerprint density at radius 3 is 2.70 bits per heavy atom. The van der Waals surface area contributed by atoms with Gasteiger partial charge in [-0.2, -0.15) is 0 Å². The highest BCUT2D eigenvalue weighted by Crippen LogP contribution is 2.41. The zero-order valence-electron chi connectivity index (χ0n) is 13.6. The van der Waals surface area contributed by atoms with Crippen LogP contribution in [0.15, 0.2) is 34.8 Å². The van der Waals surface area contributed by atoms with Gasteiger partial charge in [0.1, 0.15) is 0 Å². The van der Waals surface area contributed by atoms with Crippen molar-refractivity contribution in [2.75, 3.05) is 6.54 Å². The van der Waals surface area contributed by atoms with Crippen LogP contribution in [-0.2, 0) is 0 Å². The van der Waals surface area contributed by atoms with E-state index < -0.39 is 0 Å². The summed E-state index contributed by atoms with van der Waals surface area (Å²) in [6.07, 6.45) is 7.56. The van der Waals surface area contributed by atoms with Gasteiger partial charge >= 0.3 is 0 Å². The van der Waals surface area contributed by atoms with E-state index in [9.17, 15) is 5.11 Å². The maximum absolute atomic E-state index is 9.72. The summed E-state index contributed by atoms with van der Waals surface area (Å²) >= 11 is 0. The van der Waals surface area contributed by atoms with Gasteiger partial charge in [-0.25, -0.2) is 0 Å². The molecule has 0 aromatic rings. The topological polar surface area (TPSA) is 23.5 Å². The van der Waals surface area contributed by atoms with E-state index in [4.69, 9.17) is 0 Å². The van der Waals surface area contributed by atoms with Gasteiger partial charge in [0.15, 0.2) is 0 Å². The van der Waals surface area contributed by atoms with Crippen molar-refractivity contribution < 1.29 is 5.11 Å². The van der Waals surface area contributed by atoms with Gasteiger partial charge in [0.05, 0.1) is 5.76 Å². The van der Waals surface area contributed by atoms with E-state index in [0.29, 0.717) is 23.6 Å². The fraction of sp³-hybridized carbons (Fsp3) is 0.667. The molecule has 0 aromatic heterocycles. The van der Waals surface area contributed by atoms with E-state index in [0.717, 1.165) is 13.0 Å². The van der Waals surface area contributed by atoms with E-state index in [1.165, 1.54) is 12.8 Å². The lowest BCUT2D eigenvalue weighted by atomic mass is 9.80. The molecule has 0 spiro atoms. The second-order valence-corrected chi connectivity index (χ2v) is 6.41. The predicted molar refractivity (Wildman–Crippen MR) is 85.5 cm³/mol. The van der Waals surface area contributed by atoms with E-state index in [1.807, 2.05) is 13.0 Å². The average molecular weight is 275 g/mol. The molecular formula is C18H29NO. The Morgan fingerprint density at radius 1 is 1.45 bits per heavy atom. The molecule has 2 nitrogen and oxygen atoms in total. The quantitative estimate of drug-likeness (QED) is 0.728. The van der Waals surface area contributed by atoms with Crippen molar-refractivity contribution >= 4 is 0 Å². The lowest BCUT2D eigenvalue weighted by Gasteiger charge is -2.48. The summed E-state index contributed by atoms with van der Waals surface area (Å²) in [5.74, 6) is 1.55. The summed E-state index contributed by atoms with van der Waals surface area (Å²) in [6.45, 7) is 12.2. The van der Waals surface area contributed by atoms with Gasteiger partial charge in [0, 0.05) is 30.6 Å². The minimum atomic E-state index is 0.382. The molecule has 2 unspecified atom stereocenters. The lowest BCUT2D eigenvalue weighted by Crippen LogP contribution is -2.47. The second kappa shape index (κ2) is 6.07. The molecule has 20 heavy (non-hydrogen) atoms. The van der Waals surface area contributed by atoms with Gasteiger partial charge in [0.2, 0.25) is 0 Å². The van der Waals surface area contributed by atoms with Gasteiger partial charge < -0.3 is 10.0 Å². The molecule has 112 valence electrons. The van der Waals surface area contributed by atoms with E-state index in [-0.39, 0.29) is 0 Å². The van der Waals surface area contributed by atoms with Gasteiger partial charge in [-0.1, -0.05) is 39.3 Å². The third kappa shape index (κ3) is 2.79. The van der Waals surface area contributed by atoms with Crippen LogP contribution in [0.3, 0.4) is 0 Å². The Kier molecular flexibility index (Phi) is 4.62. The molecule has 2 aliphatic rings. The van der Waals surface area contributed by atoms with Crippen molar-refractivity contribution in [3.8, 4) is 0 Å². The minimum absolute atomic E-state index is 0.382. The van der Waals surface area contributed by atoms with Crippen molar-refractivity contribution in [1.29, 1.82) is 0 Å². The molecule has 1 N–H and O–H groups in total. The standard InChI is InChI=1S/C18H29NO/c1-6-15-8-13(4)18-16(10-15)11-19(18)14(5)12(3)9-17(20)7-2/h9-10,12-14,20H,6-8,11H2,1-5H3/b17-9+/t12?,13-,14?/m1/s1. The summed E-state index contributed by atoms with van der Waals surface area (Å²) < 4.78 is 0. The molecule has 3 atom stereocenters. The fourth-order valence-electron chi connectivity index (χ4n) is 3.41. The molecule has 0 saturated carbocycles. The summed E-state index contributed by atoms with van der Waals surface area (Å²) in [7, 11) is 0. The van der Waals surface area contributed by atoms with Gasteiger partial charge in [-0.15, -0.1) is 0 Å². The third-order valence-electron chi connectivity index (χ3n) is 4.92. The van der Waals surface area contributed by atoms with Crippen LogP contribution >= 0.6 is 0 Å². The number of hydrogen-bond acceptors (Lipinski definition) is 2. The molecule has 1 aliphatic heterocycles. The Bertz CT molecular complexity index is 458. The fourth-order valence-corrected chi connectivity index (χ4v) is 3.41. The van der Waals surface area contributed by atoms with Crippen molar-refractivity contribution in [2.45, 2.75) is 59.9 Å². The maximum Gasteiger partial charge on any atom is 0.0883 e. The molecule has 1 aliphatic carbocycles. The molecule has 0 fully saturated rings.